The molecule has 3 saturated heterocycles. The van der Waals surface area contributed by atoms with Crippen molar-refractivity contribution in [2.75, 3.05) is 42.6 Å². The molecule has 0 aromatic heterocycles. The van der Waals surface area contributed by atoms with Crippen molar-refractivity contribution in [1.82, 2.24) is 4.90 Å². The largest absolute Gasteiger partial charge is 0.465 e. The van der Waals surface area contributed by atoms with Gasteiger partial charge in [0.1, 0.15) is 6.04 Å². The first-order chi connectivity index (χ1) is 21.4. The average Bonchev–Trinajstić information content (AvgIpc) is 3.69. The zero-order valence-electron chi connectivity index (χ0n) is 25.6. The Hall–Kier alpha value is -3.56. The highest BCUT2D eigenvalue weighted by atomic mass is 32.2. The molecule has 2 aromatic rings. The molecule has 8 nitrogen and oxygen atoms in total. The number of aliphatic hydroxyl groups excluding tert-OH is 1. The Morgan fingerprint density at radius 3 is 2.39 bits per heavy atom. The number of likely N-dealkylation sites (tertiary alicyclic amines) is 1. The molecule has 1 spiro atoms. The third kappa shape index (κ3) is 5.45. The van der Waals surface area contributed by atoms with Gasteiger partial charge in [-0.15, -0.1) is 24.9 Å². The number of benzene rings is 2. The van der Waals surface area contributed by atoms with Crippen molar-refractivity contribution in [3.63, 3.8) is 0 Å². The van der Waals surface area contributed by atoms with Crippen molar-refractivity contribution >= 4 is 40.9 Å². The number of esters is 1. The second-order valence-electron chi connectivity index (χ2n) is 11.6. The van der Waals surface area contributed by atoms with E-state index in [1.54, 1.807) is 33.7 Å². The van der Waals surface area contributed by atoms with Gasteiger partial charge in [0.05, 0.1) is 35.8 Å². The Bertz CT molecular complexity index is 1360. The molecule has 3 aliphatic heterocycles. The maximum Gasteiger partial charge on any atom is 0.310 e. The van der Waals surface area contributed by atoms with E-state index in [0.717, 1.165) is 24.3 Å². The van der Waals surface area contributed by atoms with Crippen LogP contribution in [0.3, 0.4) is 0 Å². The number of fused-ring (bicyclic) bond motifs is 1. The lowest BCUT2D eigenvalue weighted by Crippen LogP contribution is -2.56. The van der Waals surface area contributed by atoms with Gasteiger partial charge in [0, 0.05) is 36.3 Å². The summed E-state index contributed by atoms with van der Waals surface area (Å²) in [7, 11) is 0. The van der Waals surface area contributed by atoms with Gasteiger partial charge in [-0.25, -0.2) is 0 Å². The van der Waals surface area contributed by atoms with E-state index in [4.69, 9.17) is 4.74 Å². The topological polar surface area (TPSA) is 90.4 Å². The van der Waals surface area contributed by atoms with Crippen LogP contribution in [-0.2, 0) is 19.1 Å². The molecule has 3 heterocycles. The first-order valence-electron chi connectivity index (χ1n) is 15.6. The Morgan fingerprint density at radius 1 is 1.09 bits per heavy atom. The van der Waals surface area contributed by atoms with Crippen LogP contribution < -0.4 is 9.80 Å². The highest BCUT2D eigenvalue weighted by molar-refractivity contribution is 8.02. The van der Waals surface area contributed by atoms with Crippen LogP contribution in [0.15, 0.2) is 79.9 Å². The van der Waals surface area contributed by atoms with Gasteiger partial charge in [0.15, 0.2) is 0 Å². The van der Waals surface area contributed by atoms with Gasteiger partial charge in [-0.1, -0.05) is 42.5 Å². The normalized spacial score (nSPS) is 25.8. The van der Waals surface area contributed by atoms with E-state index in [2.05, 4.69) is 31.9 Å². The van der Waals surface area contributed by atoms with Crippen LogP contribution >= 0.6 is 11.8 Å². The van der Waals surface area contributed by atoms with E-state index in [1.807, 2.05) is 54.6 Å². The predicted octanol–water partition coefficient (Wildman–Crippen LogP) is 5.00. The van der Waals surface area contributed by atoms with Crippen LogP contribution in [0.5, 0.6) is 0 Å². The molecule has 9 heteroatoms. The fourth-order valence-corrected chi connectivity index (χ4v) is 9.56. The van der Waals surface area contributed by atoms with Gasteiger partial charge >= 0.3 is 5.97 Å². The maximum absolute atomic E-state index is 14.9. The minimum absolute atomic E-state index is 0.108. The number of amides is 2. The van der Waals surface area contributed by atoms with Crippen LogP contribution in [0.1, 0.15) is 44.7 Å². The van der Waals surface area contributed by atoms with E-state index in [0.29, 0.717) is 24.9 Å². The minimum Gasteiger partial charge on any atom is -0.465 e. The van der Waals surface area contributed by atoms with Crippen LogP contribution in [-0.4, -0.2) is 76.7 Å². The van der Waals surface area contributed by atoms with Crippen molar-refractivity contribution in [3.05, 3.63) is 85.5 Å². The van der Waals surface area contributed by atoms with Crippen molar-refractivity contribution in [3.8, 4) is 0 Å². The predicted molar refractivity (Wildman–Crippen MR) is 176 cm³/mol. The Morgan fingerprint density at radius 2 is 1.77 bits per heavy atom. The Labute approximate surface area is 264 Å². The zero-order valence-corrected chi connectivity index (χ0v) is 26.5. The number of ether oxygens (including phenoxy) is 1. The number of thioether (sulfide) groups is 1. The SMILES string of the molecule is C=CCCOC(=O)[C@@H]1[C@H]2C(=O)N([C@H](CO)c3ccccc3)C(C(=O)N(CC=C)c3ccc(N(CC)CC)cc3)C23CC[C@H]1S3. The molecule has 234 valence electrons. The maximum atomic E-state index is 14.9. The molecule has 3 fully saturated rings. The first kappa shape index (κ1) is 31.9. The number of nitrogens with zero attached hydrogens (tertiary/aromatic N) is 3. The molecular formula is C35H43N3O5S. The Kier molecular flexibility index (Phi) is 9.85. The summed E-state index contributed by atoms with van der Waals surface area (Å²) in [5, 5.41) is 10.6. The third-order valence-corrected chi connectivity index (χ3v) is 11.3. The summed E-state index contributed by atoms with van der Waals surface area (Å²) in [6.07, 6.45) is 5.24. The van der Waals surface area contributed by atoms with Crippen molar-refractivity contribution in [1.29, 1.82) is 0 Å². The average molecular weight is 618 g/mol. The molecule has 5 rings (SSSR count). The van der Waals surface area contributed by atoms with E-state index < -0.39 is 34.6 Å². The number of anilines is 2. The molecule has 0 aliphatic carbocycles. The zero-order chi connectivity index (χ0) is 31.4. The lowest BCUT2D eigenvalue weighted by Gasteiger charge is -2.39. The third-order valence-electron chi connectivity index (χ3n) is 9.37. The second kappa shape index (κ2) is 13.6. The number of aliphatic hydroxyl groups is 1. The molecule has 2 aromatic carbocycles. The van der Waals surface area contributed by atoms with Crippen molar-refractivity contribution < 1.29 is 24.2 Å². The smallest absolute Gasteiger partial charge is 0.310 e. The van der Waals surface area contributed by atoms with E-state index in [1.165, 1.54) is 0 Å². The fraction of sp³-hybridized carbons (Fsp3) is 0.457. The summed E-state index contributed by atoms with van der Waals surface area (Å²) in [6, 6.07) is 15.6. The summed E-state index contributed by atoms with van der Waals surface area (Å²) in [4.78, 5) is 48.5. The molecule has 2 bridgehead atoms. The standard InChI is InChI=1S/C35H43N3O5S/c1-5-9-22-43-34(42)29-28-19-20-35(44-28)30(29)32(40)38(27(23-39)24-13-11-10-12-14-24)31(35)33(41)37(21-6-2)26-17-15-25(16-18-26)36(7-3)8-4/h5-6,10-18,27-31,39H,1-2,7-9,19-23H2,3-4H3/t27-,28-,29+,30+,31?,35?/m1/s1. The fourth-order valence-electron chi connectivity index (χ4n) is 7.37. The number of carbonyl (C=O) groups excluding carboxylic acids is 3. The molecule has 44 heavy (non-hydrogen) atoms. The minimum atomic E-state index is -0.888. The quantitative estimate of drug-likeness (QED) is 0.181. The Balaban J connectivity index is 1.58. The highest BCUT2D eigenvalue weighted by Crippen LogP contribution is 2.67. The summed E-state index contributed by atoms with van der Waals surface area (Å²) in [6.45, 7) is 13.7. The summed E-state index contributed by atoms with van der Waals surface area (Å²) in [5.41, 5.74) is 2.51. The van der Waals surface area contributed by atoms with Gasteiger partial charge in [0.2, 0.25) is 5.91 Å². The van der Waals surface area contributed by atoms with Gasteiger partial charge in [-0.2, -0.15) is 0 Å². The van der Waals surface area contributed by atoms with Crippen LogP contribution in [0.4, 0.5) is 11.4 Å². The van der Waals surface area contributed by atoms with Gasteiger partial charge < -0.3 is 24.5 Å². The number of rotatable bonds is 14. The molecular weight excluding hydrogens is 574 g/mol. The number of carbonyl (C=O) groups is 3. The van der Waals surface area contributed by atoms with Crippen LogP contribution in [0, 0.1) is 11.8 Å². The van der Waals surface area contributed by atoms with Crippen molar-refractivity contribution in [2.24, 2.45) is 11.8 Å². The van der Waals surface area contributed by atoms with Crippen LogP contribution in [0.2, 0.25) is 0 Å². The van der Waals surface area contributed by atoms with Gasteiger partial charge in [-0.3, -0.25) is 14.4 Å². The monoisotopic (exact) mass is 617 g/mol. The molecule has 0 radical (unpaired) electrons. The van der Waals surface area contributed by atoms with Crippen LogP contribution in [0.25, 0.3) is 0 Å². The van der Waals surface area contributed by atoms with E-state index in [9.17, 15) is 19.5 Å². The van der Waals surface area contributed by atoms with Crippen molar-refractivity contribution in [2.45, 2.75) is 55.2 Å². The lowest BCUT2D eigenvalue weighted by molar-refractivity contribution is -0.154. The summed E-state index contributed by atoms with van der Waals surface area (Å²) < 4.78 is 4.81. The number of hydrogen-bond acceptors (Lipinski definition) is 7. The van der Waals surface area contributed by atoms with Gasteiger partial charge in [-0.05, 0) is 62.9 Å². The van der Waals surface area contributed by atoms with E-state index >= 15 is 0 Å². The lowest BCUT2D eigenvalue weighted by atomic mass is 9.71. The molecule has 6 atom stereocenters. The molecule has 2 amide bonds. The highest BCUT2D eigenvalue weighted by Gasteiger charge is 2.75. The second-order valence-corrected chi connectivity index (χ2v) is 13.2. The molecule has 2 unspecified atom stereocenters. The van der Waals surface area contributed by atoms with E-state index in [-0.39, 0.29) is 36.8 Å². The molecule has 0 saturated carbocycles. The first-order valence-corrected chi connectivity index (χ1v) is 16.4. The summed E-state index contributed by atoms with van der Waals surface area (Å²) >= 11 is 1.59. The molecule has 3 aliphatic rings. The van der Waals surface area contributed by atoms with Gasteiger partial charge in [0.25, 0.3) is 5.91 Å². The molecule has 1 N–H and O–H groups in total. The summed E-state index contributed by atoms with van der Waals surface area (Å²) in [5.74, 6) is -2.28. The number of hydrogen-bond donors (Lipinski definition) is 1.